The van der Waals surface area contributed by atoms with Crippen LogP contribution in [0.1, 0.15) is 43.7 Å². The van der Waals surface area contributed by atoms with E-state index in [1.165, 1.54) is 12.1 Å². The molecule has 0 aliphatic carbocycles. The molecule has 2 N–H and O–H groups in total. The van der Waals surface area contributed by atoms with Crippen LogP contribution in [0.4, 0.5) is 17.1 Å². The predicted molar refractivity (Wildman–Crippen MR) is 163 cm³/mol. The van der Waals surface area contributed by atoms with Crippen LogP contribution in [-0.2, 0) is 31.3 Å². The van der Waals surface area contributed by atoms with Crippen LogP contribution >= 0.6 is 0 Å². The lowest BCUT2D eigenvalue weighted by atomic mass is 9.82. The summed E-state index contributed by atoms with van der Waals surface area (Å²) in [5.74, 6) is -1.18. The van der Waals surface area contributed by atoms with Crippen LogP contribution in [-0.4, -0.2) is 77.6 Å². The number of hydrogen-bond donors (Lipinski definition) is 2. The monoisotopic (exact) mass is 622 g/mol. The number of aliphatic hydroxyl groups is 1. The number of non-ortho nitro benzene ring substituents is 1. The van der Waals surface area contributed by atoms with E-state index in [4.69, 9.17) is 4.74 Å². The highest BCUT2D eigenvalue weighted by molar-refractivity contribution is 6.71. The van der Waals surface area contributed by atoms with Crippen LogP contribution in [0.3, 0.4) is 0 Å². The number of anilines is 2. The molecule has 13 heteroatoms. The molecule has 5 atom stereocenters. The molecular formula is C31H38N4O8Si. The summed E-state index contributed by atoms with van der Waals surface area (Å²) in [6.07, 6.45) is 1.10. The molecule has 4 aliphatic rings. The van der Waals surface area contributed by atoms with E-state index < -0.39 is 42.3 Å². The van der Waals surface area contributed by atoms with Crippen molar-refractivity contribution in [2.24, 2.45) is 5.92 Å². The fourth-order valence-electron chi connectivity index (χ4n) is 7.77. The quantitative estimate of drug-likeness (QED) is 0.197. The van der Waals surface area contributed by atoms with E-state index in [-0.39, 0.29) is 43.1 Å². The van der Waals surface area contributed by atoms with E-state index in [0.29, 0.717) is 37.2 Å². The summed E-state index contributed by atoms with van der Waals surface area (Å²) in [6.45, 7) is 6.49. The number of carbonyl (C=O) groups excluding carboxylic acids is 3. The standard InChI is InChI=1S/C31H38N4O8Si/c1-19-29(44(2,3)42)26(16-28(38)32-12-5-8-23(32)18-36)43-31(19)24-15-22(35(40)41)9-10-25(24)34(30(31)39)17-20-6-4-7-21(14-20)33-13-11-27(33)37/h4,6-7,9-10,14-15,19,23,26,29,36,42H,5,8,11-13,16-18H2,1-3H3/t19-,23+,26+,29-,31+/m1/s1. The van der Waals surface area contributed by atoms with Crippen molar-refractivity contribution >= 4 is 43.1 Å². The van der Waals surface area contributed by atoms with Crippen LogP contribution in [0.5, 0.6) is 0 Å². The lowest BCUT2D eigenvalue weighted by molar-refractivity contribution is -0.385. The van der Waals surface area contributed by atoms with Crippen molar-refractivity contribution in [1.82, 2.24) is 4.90 Å². The molecular weight excluding hydrogens is 584 g/mol. The van der Waals surface area contributed by atoms with Crippen molar-refractivity contribution in [2.75, 3.05) is 29.5 Å². The topological polar surface area (TPSA) is 154 Å². The molecule has 0 radical (unpaired) electrons. The van der Waals surface area contributed by atoms with Gasteiger partial charge in [-0.05, 0) is 49.7 Å². The van der Waals surface area contributed by atoms with Gasteiger partial charge in [0.25, 0.3) is 11.6 Å². The van der Waals surface area contributed by atoms with Gasteiger partial charge < -0.3 is 29.3 Å². The fourth-order valence-corrected chi connectivity index (χ4v) is 10.3. The summed E-state index contributed by atoms with van der Waals surface area (Å²) in [7, 11) is -3.07. The molecule has 3 fully saturated rings. The van der Waals surface area contributed by atoms with Crippen LogP contribution in [0.2, 0.25) is 18.6 Å². The summed E-state index contributed by atoms with van der Waals surface area (Å²) in [6, 6.07) is 11.4. The molecule has 6 rings (SSSR count). The molecule has 0 saturated carbocycles. The van der Waals surface area contributed by atoms with Crippen molar-refractivity contribution in [3.05, 3.63) is 63.7 Å². The van der Waals surface area contributed by atoms with Gasteiger partial charge in [-0.25, -0.2) is 0 Å². The SMILES string of the molecule is C[C@@H]1[C@@H]([Si](C)(C)O)[C@H](CC(=O)N2CCC[C@H]2CO)O[C@@]12C(=O)N(Cc1cccc(N3CCC3=O)c1)c1ccc([N+](=O)[O-])cc12. The van der Waals surface area contributed by atoms with Crippen LogP contribution in [0.25, 0.3) is 0 Å². The largest absolute Gasteiger partial charge is 0.432 e. The van der Waals surface area contributed by atoms with E-state index in [9.17, 15) is 34.4 Å². The van der Waals surface area contributed by atoms with Gasteiger partial charge in [0.05, 0.1) is 42.3 Å². The zero-order valence-electron chi connectivity index (χ0n) is 25.1. The molecule has 234 valence electrons. The predicted octanol–water partition coefficient (Wildman–Crippen LogP) is 3.05. The molecule has 0 aromatic heterocycles. The Morgan fingerprint density at radius 2 is 1.95 bits per heavy atom. The Labute approximate surface area is 256 Å². The van der Waals surface area contributed by atoms with Crippen molar-refractivity contribution in [2.45, 2.75) is 75.5 Å². The number of hydrogen-bond acceptors (Lipinski definition) is 8. The van der Waals surface area contributed by atoms with E-state index in [0.717, 1.165) is 17.7 Å². The van der Waals surface area contributed by atoms with Gasteiger partial charge in [-0.2, -0.15) is 0 Å². The highest BCUT2D eigenvalue weighted by atomic mass is 28.4. The van der Waals surface area contributed by atoms with Crippen molar-refractivity contribution in [3.63, 3.8) is 0 Å². The fraction of sp³-hybridized carbons (Fsp3) is 0.516. The van der Waals surface area contributed by atoms with Crippen molar-refractivity contribution in [3.8, 4) is 0 Å². The van der Waals surface area contributed by atoms with E-state index in [1.807, 2.05) is 31.2 Å². The molecule has 3 saturated heterocycles. The highest BCUT2D eigenvalue weighted by Gasteiger charge is 2.66. The Morgan fingerprint density at radius 3 is 2.59 bits per heavy atom. The second kappa shape index (κ2) is 11.1. The Hall–Kier alpha value is -3.65. The first-order valence-electron chi connectivity index (χ1n) is 15.2. The average Bonchev–Trinajstić information content (AvgIpc) is 3.62. The number of nitrogens with zero attached hydrogens (tertiary/aromatic N) is 4. The summed E-state index contributed by atoms with van der Waals surface area (Å²) in [4.78, 5) is 68.0. The van der Waals surface area contributed by atoms with Gasteiger partial charge in [-0.15, -0.1) is 0 Å². The number of benzene rings is 2. The second-order valence-electron chi connectivity index (χ2n) is 12.9. The first-order valence-corrected chi connectivity index (χ1v) is 18.2. The number of likely N-dealkylation sites (tertiary alicyclic amines) is 1. The van der Waals surface area contributed by atoms with Gasteiger partial charge in [0.15, 0.2) is 13.9 Å². The molecule has 0 bridgehead atoms. The molecule has 1 spiro atoms. The molecule has 4 heterocycles. The maximum absolute atomic E-state index is 14.7. The molecule has 2 aromatic carbocycles. The van der Waals surface area contributed by atoms with Gasteiger partial charge >= 0.3 is 0 Å². The smallest absolute Gasteiger partial charge is 0.269 e. The third-order valence-corrected chi connectivity index (χ3v) is 12.4. The van der Waals surface area contributed by atoms with Crippen LogP contribution < -0.4 is 9.80 Å². The van der Waals surface area contributed by atoms with Crippen molar-refractivity contribution in [1.29, 1.82) is 0 Å². The maximum atomic E-state index is 14.7. The minimum Gasteiger partial charge on any atom is -0.432 e. The van der Waals surface area contributed by atoms with Gasteiger partial charge in [0.1, 0.15) is 0 Å². The summed E-state index contributed by atoms with van der Waals surface area (Å²) >= 11 is 0. The average molecular weight is 623 g/mol. The number of nitro groups is 1. The maximum Gasteiger partial charge on any atom is 0.269 e. The highest BCUT2D eigenvalue weighted by Crippen LogP contribution is 2.60. The first kappa shape index (κ1) is 30.4. The Bertz CT molecular complexity index is 1530. The number of carbonyl (C=O) groups is 3. The number of ether oxygens (including phenoxy) is 1. The molecule has 2 aromatic rings. The number of amides is 3. The number of β-lactam (4-membered cyclic amide) rings is 1. The summed E-state index contributed by atoms with van der Waals surface area (Å²) in [5, 5.41) is 21.7. The third kappa shape index (κ3) is 4.82. The molecule has 4 aliphatic heterocycles. The van der Waals surface area contributed by atoms with Gasteiger partial charge in [0.2, 0.25) is 11.8 Å². The van der Waals surface area contributed by atoms with Gasteiger partial charge in [-0.3, -0.25) is 24.5 Å². The zero-order valence-corrected chi connectivity index (χ0v) is 26.1. The molecule has 0 unspecified atom stereocenters. The zero-order chi connectivity index (χ0) is 31.6. The Morgan fingerprint density at radius 1 is 1.18 bits per heavy atom. The summed E-state index contributed by atoms with van der Waals surface area (Å²) in [5.41, 5.74) is -0.0244. The number of rotatable bonds is 8. The normalized spacial score (nSPS) is 28.2. The number of fused-ring (bicyclic) bond motifs is 2. The number of aliphatic hydroxyl groups excluding tert-OH is 1. The van der Waals surface area contributed by atoms with Gasteiger partial charge in [-0.1, -0.05) is 19.1 Å². The summed E-state index contributed by atoms with van der Waals surface area (Å²) < 4.78 is 6.70. The van der Waals surface area contributed by atoms with Crippen molar-refractivity contribution < 1.29 is 33.9 Å². The Balaban J connectivity index is 1.39. The minimum absolute atomic E-state index is 0.0332. The van der Waals surface area contributed by atoms with Crippen LogP contribution in [0.15, 0.2) is 42.5 Å². The lowest BCUT2D eigenvalue weighted by Crippen LogP contribution is -2.46. The molecule has 12 nitrogen and oxygen atoms in total. The first-order chi connectivity index (χ1) is 20.9. The second-order valence-corrected chi connectivity index (χ2v) is 16.9. The lowest BCUT2D eigenvalue weighted by Gasteiger charge is -2.33. The van der Waals surface area contributed by atoms with Crippen LogP contribution in [0, 0.1) is 16.0 Å². The third-order valence-electron chi connectivity index (χ3n) is 9.88. The molecule has 44 heavy (non-hydrogen) atoms. The van der Waals surface area contributed by atoms with E-state index in [1.54, 1.807) is 33.9 Å². The minimum atomic E-state index is -3.07. The van der Waals surface area contributed by atoms with E-state index in [2.05, 4.69) is 0 Å². The van der Waals surface area contributed by atoms with E-state index >= 15 is 0 Å². The molecule has 3 amide bonds. The van der Waals surface area contributed by atoms with Gasteiger partial charge in [0, 0.05) is 54.4 Å². The number of nitro benzene ring substituents is 1. The Kier molecular flexibility index (Phi) is 7.63.